The Morgan fingerprint density at radius 1 is 1.06 bits per heavy atom. The second kappa shape index (κ2) is 8.08. The van der Waals surface area contributed by atoms with E-state index in [1.165, 1.54) is 6.66 Å². The highest BCUT2D eigenvalue weighted by Gasteiger charge is 2.14. The van der Waals surface area contributed by atoms with Crippen molar-refractivity contribution in [1.29, 1.82) is 0 Å². The highest BCUT2D eigenvalue weighted by molar-refractivity contribution is 7.57. The van der Waals surface area contributed by atoms with Crippen molar-refractivity contribution < 1.29 is 28.6 Å². The number of hydrogen-bond donors (Lipinski definition) is 4. The number of nitrogens with one attached hydrogen (secondary N) is 1. The molecule has 0 aromatic rings. The minimum absolute atomic E-state index is 0.211. The van der Waals surface area contributed by atoms with Gasteiger partial charge in [0.25, 0.3) is 0 Å². The van der Waals surface area contributed by atoms with Crippen LogP contribution in [0.4, 0.5) is 0 Å². The van der Waals surface area contributed by atoms with Gasteiger partial charge in [-0.15, -0.1) is 0 Å². The molecule has 0 heterocycles. The molecule has 0 aliphatic rings. The second-order valence-electron chi connectivity index (χ2n) is 4.36. The van der Waals surface area contributed by atoms with E-state index in [-0.39, 0.29) is 18.5 Å². The number of hydrogen-bond acceptors (Lipinski definition) is 3. The molecule has 1 amide bonds. The van der Waals surface area contributed by atoms with Crippen molar-refractivity contribution in [3.05, 3.63) is 0 Å². The predicted molar refractivity (Wildman–Crippen MR) is 68.8 cm³/mol. The summed E-state index contributed by atoms with van der Waals surface area (Å²) in [6, 6.07) is 0. The van der Waals surface area contributed by atoms with Crippen molar-refractivity contribution in [2.75, 3.05) is 19.1 Å². The Labute approximate surface area is 107 Å². The van der Waals surface area contributed by atoms with Crippen LogP contribution in [-0.2, 0) is 13.9 Å². The van der Waals surface area contributed by atoms with Gasteiger partial charge in [-0.2, -0.15) is 0 Å². The average Bonchev–Trinajstić information content (AvgIpc) is 2.17. The molecule has 18 heavy (non-hydrogen) atoms. The maximum Gasteiger partial charge on any atom is 0.344 e. The Bertz CT molecular complexity index is 347. The summed E-state index contributed by atoms with van der Waals surface area (Å²) in [4.78, 5) is 37.2. The van der Waals surface area contributed by atoms with Crippen molar-refractivity contribution in [3.8, 4) is 0 Å². The molecule has 0 saturated carbocycles. The number of carbonyl (C=O) groups is 1. The first kappa shape index (κ1) is 17.8. The van der Waals surface area contributed by atoms with Gasteiger partial charge in [0, 0.05) is 19.2 Å². The normalized spacial score (nSPS) is 15.1. The molecule has 0 aliphatic carbocycles. The van der Waals surface area contributed by atoms with E-state index in [2.05, 4.69) is 5.32 Å². The molecule has 9 heteroatoms. The summed E-state index contributed by atoms with van der Waals surface area (Å²) in [5.74, 6) is -0.387. The third-order valence-electron chi connectivity index (χ3n) is 2.21. The highest BCUT2D eigenvalue weighted by atomic mass is 31.2. The van der Waals surface area contributed by atoms with E-state index in [0.29, 0.717) is 12.8 Å². The van der Waals surface area contributed by atoms with Gasteiger partial charge in [-0.25, -0.2) is 0 Å². The Hall–Kier alpha value is -0.190. The van der Waals surface area contributed by atoms with Gasteiger partial charge in [0.05, 0.1) is 0 Å². The SMILES string of the molecule is CP(=O)(O)CCCCCCC(=O)NCP(=O)(O)O. The van der Waals surface area contributed by atoms with Crippen LogP contribution >= 0.6 is 15.0 Å². The Morgan fingerprint density at radius 3 is 2.11 bits per heavy atom. The van der Waals surface area contributed by atoms with Crippen LogP contribution in [0.15, 0.2) is 0 Å². The van der Waals surface area contributed by atoms with E-state index in [1.54, 1.807) is 0 Å². The van der Waals surface area contributed by atoms with Crippen molar-refractivity contribution in [2.24, 2.45) is 0 Å². The molecule has 108 valence electrons. The van der Waals surface area contributed by atoms with Crippen LogP contribution in [0.2, 0.25) is 0 Å². The highest BCUT2D eigenvalue weighted by Crippen LogP contribution is 2.36. The topological polar surface area (TPSA) is 124 Å². The van der Waals surface area contributed by atoms with Gasteiger partial charge >= 0.3 is 7.60 Å². The van der Waals surface area contributed by atoms with E-state index < -0.39 is 21.3 Å². The maximum atomic E-state index is 11.1. The van der Waals surface area contributed by atoms with E-state index in [4.69, 9.17) is 14.7 Å². The van der Waals surface area contributed by atoms with Crippen LogP contribution in [0, 0.1) is 0 Å². The Morgan fingerprint density at radius 2 is 1.61 bits per heavy atom. The van der Waals surface area contributed by atoms with Crippen LogP contribution in [-0.4, -0.2) is 39.7 Å². The largest absolute Gasteiger partial charge is 0.344 e. The van der Waals surface area contributed by atoms with Crippen LogP contribution < -0.4 is 5.32 Å². The lowest BCUT2D eigenvalue weighted by atomic mass is 10.1. The zero-order valence-electron chi connectivity index (χ0n) is 10.4. The fraction of sp³-hybridized carbons (Fsp3) is 0.889. The molecule has 0 saturated heterocycles. The molecule has 0 fully saturated rings. The molecule has 0 bridgehead atoms. The second-order valence-corrected chi connectivity index (χ2v) is 8.56. The van der Waals surface area contributed by atoms with Gasteiger partial charge in [0.1, 0.15) is 6.29 Å². The van der Waals surface area contributed by atoms with Crippen molar-refractivity contribution in [3.63, 3.8) is 0 Å². The average molecular weight is 301 g/mol. The van der Waals surface area contributed by atoms with Crippen LogP contribution in [0.1, 0.15) is 32.1 Å². The number of carbonyl (C=O) groups excluding carboxylic acids is 1. The lowest BCUT2D eigenvalue weighted by Crippen LogP contribution is -2.23. The molecular formula is C9H21NO6P2. The zero-order valence-corrected chi connectivity index (χ0v) is 12.2. The third-order valence-corrected chi connectivity index (χ3v) is 3.93. The van der Waals surface area contributed by atoms with Gasteiger partial charge in [-0.1, -0.05) is 12.8 Å². The minimum atomic E-state index is -4.18. The Kier molecular flexibility index (Phi) is 7.99. The van der Waals surface area contributed by atoms with E-state index in [9.17, 15) is 13.9 Å². The van der Waals surface area contributed by atoms with Crippen molar-refractivity contribution in [1.82, 2.24) is 5.32 Å². The summed E-state index contributed by atoms with van der Waals surface area (Å²) in [5.41, 5.74) is 0. The molecule has 0 aromatic heterocycles. The summed E-state index contributed by atoms with van der Waals surface area (Å²) >= 11 is 0. The van der Waals surface area contributed by atoms with Gasteiger partial charge in [-0.3, -0.25) is 13.9 Å². The summed E-state index contributed by atoms with van der Waals surface area (Å²) in [5, 5.41) is 2.15. The predicted octanol–water partition coefficient (Wildman–Crippen LogP) is 1.09. The van der Waals surface area contributed by atoms with Crippen LogP contribution in [0.3, 0.4) is 0 Å². The van der Waals surface area contributed by atoms with Gasteiger partial charge < -0.3 is 20.0 Å². The first-order chi connectivity index (χ1) is 8.10. The minimum Gasteiger partial charge on any atom is -0.344 e. The zero-order chi connectivity index (χ0) is 14.2. The lowest BCUT2D eigenvalue weighted by Gasteiger charge is -2.07. The molecule has 1 atom stereocenters. The van der Waals surface area contributed by atoms with Gasteiger partial charge in [-0.05, 0) is 12.8 Å². The summed E-state index contributed by atoms with van der Waals surface area (Å²) in [6.45, 7) is 1.32. The number of amides is 1. The van der Waals surface area contributed by atoms with Gasteiger partial charge in [0.2, 0.25) is 5.91 Å². The summed E-state index contributed by atoms with van der Waals surface area (Å²) in [6.07, 6.45) is 2.64. The number of rotatable bonds is 9. The number of unbranched alkanes of at least 4 members (excludes halogenated alkanes) is 3. The molecule has 0 aliphatic heterocycles. The third kappa shape index (κ3) is 13.9. The van der Waals surface area contributed by atoms with Gasteiger partial charge in [0.15, 0.2) is 7.37 Å². The van der Waals surface area contributed by atoms with E-state index >= 15 is 0 Å². The molecule has 0 spiro atoms. The smallest absolute Gasteiger partial charge is 0.344 e. The van der Waals surface area contributed by atoms with E-state index in [1.807, 2.05) is 0 Å². The molecular weight excluding hydrogens is 280 g/mol. The molecule has 0 radical (unpaired) electrons. The molecule has 7 nitrogen and oxygen atoms in total. The van der Waals surface area contributed by atoms with Crippen LogP contribution in [0.25, 0.3) is 0 Å². The summed E-state index contributed by atoms with van der Waals surface area (Å²) < 4.78 is 21.4. The maximum absolute atomic E-state index is 11.1. The standard InChI is InChI=1S/C9H21NO6P2/c1-17(12,13)7-5-3-2-4-6-9(11)10-8-18(14,15)16/h2-8H2,1H3,(H,10,11)(H,12,13)(H2,14,15,16). The molecule has 4 N–H and O–H groups in total. The first-order valence-corrected chi connectivity index (χ1v) is 9.80. The molecule has 0 aromatic carbocycles. The Balaban J connectivity index is 3.47. The lowest BCUT2D eigenvalue weighted by molar-refractivity contribution is -0.120. The van der Waals surface area contributed by atoms with Crippen molar-refractivity contribution in [2.45, 2.75) is 32.1 Å². The van der Waals surface area contributed by atoms with Crippen molar-refractivity contribution >= 4 is 20.9 Å². The van der Waals surface area contributed by atoms with Crippen LogP contribution in [0.5, 0.6) is 0 Å². The fourth-order valence-electron chi connectivity index (χ4n) is 1.32. The fourth-order valence-corrected chi connectivity index (χ4v) is 2.52. The molecule has 0 rings (SSSR count). The molecule has 1 unspecified atom stereocenters. The quantitative estimate of drug-likeness (QED) is 0.373. The monoisotopic (exact) mass is 301 g/mol. The summed E-state index contributed by atoms with van der Waals surface area (Å²) in [7, 11) is -7.11. The van der Waals surface area contributed by atoms with E-state index in [0.717, 1.165) is 12.8 Å². The first-order valence-electron chi connectivity index (χ1n) is 5.71.